The molecule has 10 heteroatoms. The maximum absolute atomic E-state index is 14.3. The Labute approximate surface area is 206 Å². The highest BCUT2D eigenvalue weighted by molar-refractivity contribution is 6.08. The number of rotatable bonds is 5. The quantitative estimate of drug-likeness (QED) is 0.442. The van der Waals surface area contributed by atoms with Crippen molar-refractivity contribution in [2.45, 2.75) is 33.2 Å². The second-order valence-corrected chi connectivity index (χ2v) is 9.43. The van der Waals surface area contributed by atoms with Crippen LogP contribution in [0.5, 0.6) is 0 Å². The van der Waals surface area contributed by atoms with E-state index in [0.717, 1.165) is 54.3 Å². The molecule has 0 aliphatic carbocycles. The van der Waals surface area contributed by atoms with Crippen LogP contribution in [0.3, 0.4) is 0 Å². The summed E-state index contributed by atoms with van der Waals surface area (Å²) in [6.07, 6.45) is 3.01. The normalized spacial score (nSPS) is 15.7. The summed E-state index contributed by atoms with van der Waals surface area (Å²) in [7, 11) is 0. The van der Waals surface area contributed by atoms with E-state index >= 15 is 0 Å². The van der Waals surface area contributed by atoms with Gasteiger partial charge in [-0.15, -0.1) is 0 Å². The van der Waals surface area contributed by atoms with Crippen molar-refractivity contribution >= 4 is 28.2 Å². The molecule has 1 amide bonds. The first-order valence-corrected chi connectivity index (χ1v) is 11.9. The number of carbonyl (C=O) groups excluding carboxylic acids is 1. The monoisotopic (exact) mass is 492 g/mol. The largest absolute Gasteiger partial charge is 0.369 e. The number of benzene rings is 2. The SMILES string of the molecule is CC(C)n1cc2c(N3CC[C@@H](C)C3)c(NC(=O)c3ccc(=O)n(-c4c(F)cccc4F)n3)ccc2n1. The van der Waals surface area contributed by atoms with Gasteiger partial charge in [-0.1, -0.05) is 13.0 Å². The van der Waals surface area contributed by atoms with Crippen LogP contribution < -0.4 is 15.8 Å². The highest BCUT2D eigenvalue weighted by Crippen LogP contribution is 2.38. The molecule has 8 nitrogen and oxygen atoms in total. The minimum Gasteiger partial charge on any atom is -0.369 e. The number of fused-ring (bicyclic) bond motifs is 1. The van der Waals surface area contributed by atoms with E-state index in [-0.39, 0.29) is 11.7 Å². The minimum absolute atomic E-state index is 0.157. The Kier molecular flexibility index (Phi) is 6.03. The highest BCUT2D eigenvalue weighted by atomic mass is 19.1. The van der Waals surface area contributed by atoms with Crippen molar-refractivity contribution in [2.24, 2.45) is 5.92 Å². The van der Waals surface area contributed by atoms with E-state index in [1.54, 1.807) is 6.07 Å². The zero-order chi connectivity index (χ0) is 25.6. The number of para-hydroxylation sites is 1. The van der Waals surface area contributed by atoms with Gasteiger partial charge in [-0.05, 0) is 56.5 Å². The number of aromatic nitrogens is 4. The maximum atomic E-state index is 14.3. The van der Waals surface area contributed by atoms with Gasteiger partial charge in [-0.3, -0.25) is 14.3 Å². The molecule has 1 N–H and O–H groups in total. The molecule has 1 atom stereocenters. The lowest BCUT2D eigenvalue weighted by Gasteiger charge is -2.23. The molecule has 1 aliphatic rings. The zero-order valence-corrected chi connectivity index (χ0v) is 20.2. The molecule has 186 valence electrons. The average Bonchev–Trinajstić information content (AvgIpc) is 3.46. The lowest BCUT2D eigenvalue weighted by molar-refractivity contribution is 0.102. The highest BCUT2D eigenvalue weighted by Gasteiger charge is 2.26. The average molecular weight is 493 g/mol. The molecule has 5 rings (SSSR count). The lowest BCUT2D eigenvalue weighted by Crippen LogP contribution is -2.27. The van der Waals surface area contributed by atoms with E-state index < -0.39 is 28.8 Å². The lowest BCUT2D eigenvalue weighted by atomic mass is 10.1. The van der Waals surface area contributed by atoms with Crippen LogP contribution in [0, 0.1) is 17.6 Å². The standard InChI is InChI=1S/C26H26F2N6O2/c1-15(2)33-14-17-20(30-33)7-8-21(24(17)32-12-11-16(3)13-32)29-26(36)22-9-10-23(35)34(31-22)25-18(27)5-4-6-19(25)28/h4-10,14-16H,11-13H2,1-3H3,(H,29,36)/t16-/m1/s1. The van der Waals surface area contributed by atoms with Crippen LogP contribution in [0.2, 0.25) is 0 Å². The van der Waals surface area contributed by atoms with Gasteiger partial charge in [0, 0.05) is 36.8 Å². The Morgan fingerprint density at radius 1 is 1.06 bits per heavy atom. The van der Waals surface area contributed by atoms with Crippen LogP contribution in [0.15, 0.2) is 53.5 Å². The predicted octanol–water partition coefficient (Wildman–Crippen LogP) is 4.54. The summed E-state index contributed by atoms with van der Waals surface area (Å²) < 4.78 is 31.1. The maximum Gasteiger partial charge on any atom is 0.276 e. The van der Waals surface area contributed by atoms with Crippen LogP contribution in [0.4, 0.5) is 20.2 Å². The number of amides is 1. The van der Waals surface area contributed by atoms with Crippen molar-refractivity contribution < 1.29 is 13.6 Å². The number of nitrogens with one attached hydrogen (secondary N) is 1. The molecule has 1 saturated heterocycles. The van der Waals surface area contributed by atoms with Crippen molar-refractivity contribution in [2.75, 3.05) is 23.3 Å². The minimum atomic E-state index is -0.958. The summed E-state index contributed by atoms with van der Waals surface area (Å²) in [5, 5.41) is 12.5. The molecule has 1 aliphatic heterocycles. The molecule has 0 radical (unpaired) electrons. The summed E-state index contributed by atoms with van der Waals surface area (Å²) in [5.41, 5.74) is 0.706. The van der Waals surface area contributed by atoms with Gasteiger partial charge in [0.25, 0.3) is 11.5 Å². The number of carbonyl (C=O) groups is 1. The molecule has 36 heavy (non-hydrogen) atoms. The van der Waals surface area contributed by atoms with Gasteiger partial charge in [-0.25, -0.2) is 8.78 Å². The molecule has 2 aromatic carbocycles. The Hall–Kier alpha value is -4.08. The van der Waals surface area contributed by atoms with Crippen molar-refractivity contribution in [3.05, 3.63) is 76.3 Å². The Morgan fingerprint density at radius 2 is 1.81 bits per heavy atom. The van der Waals surface area contributed by atoms with Gasteiger partial charge >= 0.3 is 0 Å². The predicted molar refractivity (Wildman–Crippen MR) is 134 cm³/mol. The first-order valence-electron chi connectivity index (χ1n) is 11.9. The molecule has 3 heterocycles. The Balaban J connectivity index is 1.55. The fraction of sp³-hybridized carbons (Fsp3) is 0.308. The van der Waals surface area contributed by atoms with Gasteiger partial charge in [0.15, 0.2) is 11.6 Å². The fourth-order valence-corrected chi connectivity index (χ4v) is 4.51. The molecule has 0 spiro atoms. The van der Waals surface area contributed by atoms with Gasteiger partial charge in [0.05, 0.1) is 16.9 Å². The van der Waals surface area contributed by atoms with Crippen LogP contribution in [0.25, 0.3) is 16.6 Å². The topological polar surface area (TPSA) is 85.0 Å². The molecule has 0 saturated carbocycles. The van der Waals surface area contributed by atoms with E-state index in [2.05, 4.69) is 27.3 Å². The molecule has 0 unspecified atom stereocenters. The van der Waals surface area contributed by atoms with Crippen LogP contribution in [0.1, 0.15) is 43.7 Å². The fourth-order valence-electron chi connectivity index (χ4n) is 4.51. The van der Waals surface area contributed by atoms with Crippen LogP contribution in [-0.2, 0) is 0 Å². The third-order valence-corrected chi connectivity index (χ3v) is 6.38. The Bertz CT molecular complexity index is 1510. The first kappa shape index (κ1) is 23.7. The number of halogens is 2. The van der Waals surface area contributed by atoms with E-state index in [1.807, 2.05) is 30.8 Å². The first-order chi connectivity index (χ1) is 17.2. The van der Waals surface area contributed by atoms with Gasteiger partial charge in [-0.2, -0.15) is 14.9 Å². The number of nitrogens with zero attached hydrogens (tertiary/aromatic N) is 5. The van der Waals surface area contributed by atoms with Gasteiger partial charge in [0.1, 0.15) is 11.4 Å². The van der Waals surface area contributed by atoms with Gasteiger partial charge in [0.2, 0.25) is 0 Å². The molecule has 2 aromatic heterocycles. The Morgan fingerprint density at radius 3 is 2.47 bits per heavy atom. The summed E-state index contributed by atoms with van der Waals surface area (Å²) in [5.74, 6) is -2.02. The van der Waals surface area contributed by atoms with Crippen molar-refractivity contribution in [3.8, 4) is 5.69 Å². The van der Waals surface area contributed by atoms with Crippen molar-refractivity contribution in [3.63, 3.8) is 0 Å². The third kappa shape index (κ3) is 4.23. The summed E-state index contributed by atoms with van der Waals surface area (Å²) in [4.78, 5) is 27.8. The summed E-state index contributed by atoms with van der Waals surface area (Å²) in [6.45, 7) is 7.96. The van der Waals surface area contributed by atoms with Crippen molar-refractivity contribution in [1.82, 2.24) is 19.6 Å². The number of hydrogen-bond acceptors (Lipinski definition) is 5. The van der Waals surface area contributed by atoms with Crippen LogP contribution >= 0.6 is 0 Å². The molecule has 1 fully saturated rings. The smallest absolute Gasteiger partial charge is 0.276 e. The molecule has 4 aromatic rings. The number of hydrogen-bond donors (Lipinski definition) is 1. The summed E-state index contributed by atoms with van der Waals surface area (Å²) in [6, 6.07) is 9.34. The van der Waals surface area contributed by atoms with Crippen molar-refractivity contribution in [1.29, 1.82) is 0 Å². The van der Waals surface area contributed by atoms with E-state index in [4.69, 9.17) is 0 Å². The van der Waals surface area contributed by atoms with E-state index in [1.165, 1.54) is 12.1 Å². The third-order valence-electron chi connectivity index (χ3n) is 6.38. The molecule has 0 bridgehead atoms. The van der Waals surface area contributed by atoms with Gasteiger partial charge < -0.3 is 10.2 Å². The van der Waals surface area contributed by atoms with E-state index in [9.17, 15) is 18.4 Å². The second-order valence-electron chi connectivity index (χ2n) is 9.43. The molecular weight excluding hydrogens is 466 g/mol. The zero-order valence-electron chi connectivity index (χ0n) is 20.2. The van der Waals surface area contributed by atoms with Crippen LogP contribution in [-0.4, -0.2) is 38.6 Å². The number of anilines is 2. The second kappa shape index (κ2) is 9.18. The molecular formula is C26H26F2N6O2. The summed E-state index contributed by atoms with van der Waals surface area (Å²) >= 11 is 0. The van der Waals surface area contributed by atoms with E-state index in [0.29, 0.717) is 16.3 Å².